The van der Waals surface area contributed by atoms with E-state index in [9.17, 15) is 0 Å². The zero-order chi connectivity index (χ0) is 15.0. The van der Waals surface area contributed by atoms with Gasteiger partial charge in [0, 0.05) is 23.8 Å². The molecule has 0 aliphatic heterocycles. The van der Waals surface area contributed by atoms with Crippen LogP contribution in [0.4, 0.5) is 0 Å². The maximum atomic E-state index is 4.78. The third kappa shape index (κ3) is 2.61. The topological polar surface area (TPSA) is 47.2 Å². The zero-order valence-corrected chi connectivity index (χ0v) is 13.7. The minimum absolute atomic E-state index is 0.636. The van der Waals surface area contributed by atoms with E-state index in [-0.39, 0.29) is 0 Å². The molecule has 6 heteroatoms. The van der Waals surface area contributed by atoms with E-state index >= 15 is 0 Å². The molecule has 0 aliphatic carbocycles. The largest absolute Gasteiger partial charge is 0.311 e. The summed E-state index contributed by atoms with van der Waals surface area (Å²) >= 11 is 1.66. The first kappa shape index (κ1) is 14.3. The molecule has 0 aliphatic rings. The third-order valence-corrected chi connectivity index (χ3v) is 4.42. The van der Waals surface area contributed by atoms with Crippen molar-refractivity contribution in [2.24, 2.45) is 5.92 Å². The number of fused-ring (bicyclic) bond motifs is 1. The monoisotopic (exact) mass is 303 g/mol. The van der Waals surface area contributed by atoms with E-state index in [1.54, 1.807) is 11.3 Å². The molecule has 0 atom stereocenters. The van der Waals surface area contributed by atoms with Gasteiger partial charge in [-0.3, -0.25) is 8.97 Å². The Labute approximate surface area is 128 Å². The molecule has 3 aromatic heterocycles. The predicted molar refractivity (Wildman–Crippen MR) is 86.2 cm³/mol. The van der Waals surface area contributed by atoms with E-state index < -0.39 is 0 Å². The summed E-state index contributed by atoms with van der Waals surface area (Å²) < 4.78 is 4.25. The number of rotatable bonds is 5. The average molecular weight is 303 g/mol. The normalized spacial score (nSPS) is 11.9. The first-order valence-electron chi connectivity index (χ1n) is 7.24. The third-order valence-electron chi connectivity index (χ3n) is 3.66. The summed E-state index contributed by atoms with van der Waals surface area (Å²) in [6.45, 7) is 10.4. The van der Waals surface area contributed by atoms with Crippen LogP contribution >= 0.6 is 11.3 Å². The number of nitrogens with zero attached hydrogens (tertiary/aromatic N) is 4. The molecule has 3 heterocycles. The van der Waals surface area contributed by atoms with E-state index in [4.69, 9.17) is 4.98 Å². The summed E-state index contributed by atoms with van der Waals surface area (Å²) in [6, 6.07) is 0. The van der Waals surface area contributed by atoms with Crippen LogP contribution in [0.2, 0.25) is 0 Å². The average Bonchev–Trinajstić information content (AvgIpc) is 3.08. The molecule has 0 spiro atoms. The maximum absolute atomic E-state index is 4.78. The summed E-state index contributed by atoms with van der Waals surface area (Å²) in [7, 11) is 0. The molecule has 0 radical (unpaired) electrons. The summed E-state index contributed by atoms with van der Waals surface area (Å²) in [4.78, 5) is 10.2. The van der Waals surface area contributed by atoms with Crippen molar-refractivity contribution in [1.82, 2.24) is 24.3 Å². The maximum Gasteiger partial charge on any atom is 0.195 e. The lowest BCUT2D eigenvalue weighted by atomic mass is 10.2. The molecule has 0 amide bonds. The van der Waals surface area contributed by atoms with Gasteiger partial charge in [-0.1, -0.05) is 13.8 Å². The van der Waals surface area contributed by atoms with Gasteiger partial charge < -0.3 is 5.32 Å². The molecule has 0 bridgehead atoms. The van der Waals surface area contributed by atoms with Crippen molar-refractivity contribution in [2.45, 2.75) is 34.2 Å². The van der Waals surface area contributed by atoms with E-state index in [0.717, 1.165) is 35.3 Å². The van der Waals surface area contributed by atoms with Crippen LogP contribution < -0.4 is 5.32 Å². The molecular weight excluding hydrogens is 282 g/mol. The van der Waals surface area contributed by atoms with Crippen LogP contribution in [-0.4, -0.2) is 25.5 Å². The first-order valence-corrected chi connectivity index (χ1v) is 8.12. The molecule has 0 unspecified atom stereocenters. The number of imidazole rings is 2. The van der Waals surface area contributed by atoms with Crippen molar-refractivity contribution in [1.29, 1.82) is 0 Å². The summed E-state index contributed by atoms with van der Waals surface area (Å²) in [5, 5.41) is 5.59. The molecule has 3 aromatic rings. The molecular formula is C15H21N5S. The van der Waals surface area contributed by atoms with Crippen molar-refractivity contribution >= 4 is 16.3 Å². The van der Waals surface area contributed by atoms with Crippen LogP contribution in [0, 0.1) is 19.8 Å². The van der Waals surface area contributed by atoms with Crippen LogP contribution in [0.3, 0.4) is 0 Å². The van der Waals surface area contributed by atoms with Crippen LogP contribution in [0.25, 0.3) is 10.8 Å². The Hall–Kier alpha value is -1.66. The molecule has 1 N–H and O–H groups in total. The highest BCUT2D eigenvalue weighted by Gasteiger charge is 2.16. The van der Waals surface area contributed by atoms with Gasteiger partial charge in [-0.05, 0) is 26.3 Å². The number of thiazole rings is 1. The van der Waals surface area contributed by atoms with Gasteiger partial charge in [-0.2, -0.15) is 0 Å². The second kappa shape index (κ2) is 5.61. The summed E-state index contributed by atoms with van der Waals surface area (Å²) in [5.41, 5.74) is 3.38. The molecule has 3 rings (SSSR count). The van der Waals surface area contributed by atoms with Crippen LogP contribution in [0.5, 0.6) is 0 Å². The van der Waals surface area contributed by atoms with E-state index in [0.29, 0.717) is 5.92 Å². The Morgan fingerprint density at radius 2 is 2.14 bits per heavy atom. The van der Waals surface area contributed by atoms with Crippen molar-refractivity contribution in [2.75, 3.05) is 6.54 Å². The van der Waals surface area contributed by atoms with Gasteiger partial charge in [0.05, 0.1) is 11.4 Å². The Morgan fingerprint density at radius 1 is 1.33 bits per heavy atom. The second-order valence-electron chi connectivity index (χ2n) is 5.75. The van der Waals surface area contributed by atoms with Gasteiger partial charge in [-0.15, -0.1) is 11.3 Å². The van der Waals surface area contributed by atoms with Gasteiger partial charge in [0.2, 0.25) is 0 Å². The van der Waals surface area contributed by atoms with Gasteiger partial charge in [-0.25, -0.2) is 9.97 Å². The summed E-state index contributed by atoms with van der Waals surface area (Å²) in [5.74, 6) is 1.62. The minimum atomic E-state index is 0.636. The van der Waals surface area contributed by atoms with Gasteiger partial charge in [0.25, 0.3) is 0 Å². The van der Waals surface area contributed by atoms with E-state index in [2.05, 4.69) is 51.6 Å². The SMILES string of the molecule is Cc1ncn(-c2nc3sccn3c2CNCC(C)C)c1C. The highest BCUT2D eigenvalue weighted by atomic mass is 32.1. The Bertz CT molecular complexity index is 749. The molecule has 0 fully saturated rings. The van der Waals surface area contributed by atoms with E-state index in [1.165, 1.54) is 5.69 Å². The second-order valence-corrected chi connectivity index (χ2v) is 6.62. The zero-order valence-electron chi connectivity index (χ0n) is 12.9. The molecule has 0 saturated carbocycles. The van der Waals surface area contributed by atoms with Crippen LogP contribution in [0.15, 0.2) is 17.9 Å². The standard InChI is InChI=1S/C15H21N5S/c1-10(2)7-16-8-13-14(18-15-19(13)5-6-21-15)20-9-17-11(3)12(20)4/h5-6,9-10,16H,7-8H2,1-4H3. The van der Waals surface area contributed by atoms with Crippen molar-refractivity contribution in [3.05, 3.63) is 35.0 Å². The number of aromatic nitrogens is 4. The lowest BCUT2D eigenvalue weighted by molar-refractivity contribution is 0.546. The highest BCUT2D eigenvalue weighted by molar-refractivity contribution is 7.15. The lowest BCUT2D eigenvalue weighted by Crippen LogP contribution is -2.20. The van der Waals surface area contributed by atoms with Crippen molar-refractivity contribution in [3.63, 3.8) is 0 Å². The Balaban J connectivity index is 2.01. The fourth-order valence-electron chi connectivity index (χ4n) is 2.37. The molecule has 0 aromatic carbocycles. The molecule has 0 saturated heterocycles. The number of aryl methyl sites for hydroxylation is 1. The number of hydrogen-bond donors (Lipinski definition) is 1. The van der Waals surface area contributed by atoms with Gasteiger partial charge in [0.15, 0.2) is 10.8 Å². The lowest BCUT2D eigenvalue weighted by Gasteiger charge is -2.10. The highest BCUT2D eigenvalue weighted by Crippen LogP contribution is 2.22. The smallest absolute Gasteiger partial charge is 0.195 e. The minimum Gasteiger partial charge on any atom is -0.311 e. The number of hydrogen-bond acceptors (Lipinski definition) is 4. The Morgan fingerprint density at radius 3 is 2.81 bits per heavy atom. The van der Waals surface area contributed by atoms with Crippen molar-refractivity contribution < 1.29 is 0 Å². The first-order chi connectivity index (χ1) is 10.1. The van der Waals surface area contributed by atoms with Crippen LogP contribution in [-0.2, 0) is 6.54 Å². The van der Waals surface area contributed by atoms with Gasteiger partial charge >= 0.3 is 0 Å². The number of nitrogens with one attached hydrogen (secondary N) is 1. The van der Waals surface area contributed by atoms with Gasteiger partial charge in [0.1, 0.15) is 6.33 Å². The molecule has 112 valence electrons. The summed E-state index contributed by atoms with van der Waals surface area (Å²) in [6.07, 6.45) is 3.95. The molecule has 21 heavy (non-hydrogen) atoms. The predicted octanol–water partition coefficient (Wildman–Crippen LogP) is 2.94. The van der Waals surface area contributed by atoms with E-state index in [1.807, 2.05) is 13.3 Å². The molecule has 5 nitrogen and oxygen atoms in total. The fraction of sp³-hybridized carbons (Fsp3) is 0.467. The fourth-order valence-corrected chi connectivity index (χ4v) is 3.10. The Kier molecular flexibility index (Phi) is 3.82. The quantitative estimate of drug-likeness (QED) is 0.788. The van der Waals surface area contributed by atoms with Crippen molar-refractivity contribution in [3.8, 4) is 5.82 Å². The van der Waals surface area contributed by atoms with Crippen LogP contribution in [0.1, 0.15) is 30.9 Å².